The average molecular weight is 509 g/mol. The van der Waals surface area contributed by atoms with E-state index in [1.54, 1.807) is 16.7 Å². The van der Waals surface area contributed by atoms with Gasteiger partial charge in [-0.25, -0.2) is 0 Å². The van der Waals surface area contributed by atoms with Crippen LogP contribution in [0, 0.1) is 0 Å². The second-order valence-electron chi connectivity index (χ2n) is 9.50. The minimum absolute atomic E-state index is 0.0414. The van der Waals surface area contributed by atoms with Crippen LogP contribution in [0.15, 0.2) is 89.8 Å². The second-order valence-corrected chi connectivity index (χ2v) is 11.1. The number of rotatable bonds is 10. The van der Waals surface area contributed by atoms with Crippen molar-refractivity contribution < 1.29 is 9.59 Å². The lowest BCUT2D eigenvalue weighted by Crippen LogP contribution is -2.54. The fourth-order valence-electron chi connectivity index (χ4n) is 3.72. The third-order valence-electron chi connectivity index (χ3n) is 5.36. The van der Waals surface area contributed by atoms with Crippen molar-refractivity contribution in [3.8, 4) is 0 Å². The smallest absolute Gasteiger partial charge is 0.243 e. The van der Waals surface area contributed by atoms with Crippen molar-refractivity contribution in [3.63, 3.8) is 0 Å². The van der Waals surface area contributed by atoms with Crippen LogP contribution < -0.4 is 5.32 Å². The van der Waals surface area contributed by atoms with Gasteiger partial charge in [-0.05, 0) is 56.2 Å². The molecule has 184 valence electrons. The van der Waals surface area contributed by atoms with E-state index >= 15 is 0 Å². The van der Waals surface area contributed by atoms with Crippen molar-refractivity contribution in [1.29, 1.82) is 0 Å². The van der Waals surface area contributed by atoms with Crippen LogP contribution in [-0.2, 0) is 22.6 Å². The van der Waals surface area contributed by atoms with Crippen molar-refractivity contribution in [2.45, 2.75) is 56.6 Å². The van der Waals surface area contributed by atoms with Crippen LogP contribution in [0.1, 0.15) is 38.3 Å². The van der Waals surface area contributed by atoms with E-state index in [9.17, 15) is 9.59 Å². The summed E-state index contributed by atoms with van der Waals surface area (Å²) >= 11 is 7.59. The Morgan fingerprint density at radius 1 is 0.886 bits per heavy atom. The maximum atomic E-state index is 13.6. The number of amides is 2. The molecular weight excluding hydrogens is 476 g/mol. The Labute approximate surface area is 218 Å². The first-order valence-electron chi connectivity index (χ1n) is 11.8. The number of nitrogens with zero attached hydrogens (tertiary/aromatic N) is 1. The third-order valence-corrected chi connectivity index (χ3v) is 6.63. The summed E-state index contributed by atoms with van der Waals surface area (Å²) in [7, 11) is 0. The van der Waals surface area contributed by atoms with Crippen molar-refractivity contribution in [2.24, 2.45) is 0 Å². The summed E-state index contributed by atoms with van der Waals surface area (Å²) in [5.74, 6) is 0.432. The van der Waals surface area contributed by atoms with E-state index < -0.39 is 11.6 Å². The molecule has 4 nitrogen and oxygen atoms in total. The van der Waals surface area contributed by atoms with Gasteiger partial charge in [0.1, 0.15) is 6.04 Å². The lowest BCUT2D eigenvalue weighted by atomic mass is 10.0. The van der Waals surface area contributed by atoms with Crippen LogP contribution in [-0.4, -0.2) is 34.0 Å². The largest absolute Gasteiger partial charge is 0.350 e. The fourth-order valence-corrected chi connectivity index (χ4v) is 4.68. The first-order valence-corrected chi connectivity index (χ1v) is 13.2. The van der Waals surface area contributed by atoms with Gasteiger partial charge in [0.25, 0.3) is 0 Å². The first-order chi connectivity index (χ1) is 16.7. The highest BCUT2D eigenvalue weighted by Gasteiger charge is 2.32. The maximum absolute atomic E-state index is 13.6. The Bertz CT molecular complexity index is 1080. The Morgan fingerprint density at radius 2 is 1.46 bits per heavy atom. The van der Waals surface area contributed by atoms with E-state index in [4.69, 9.17) is 11.6 Å². The maximum Gasteiger partial charge on any atom is 0.243 e. The molecule has 0 aromatic heterocycles. The van der Waals surface area contributed by atoms with E-state index in [0.29, 0.717) is 30.2 Å². The predicted molar refractivity (Wildman–Crippen MR) is 146 cm³/mol. The normalized spacial score (nSPS) is 12.1. The third kappa shape index (κ3) is 9.08. The molecule has 0 fully saturated rings. The zero-order valence-electron chi connectivity index (χ0n) is 20.5. The van der Waals surface area contributed by atoms with Gasteiger partial charge >= 0.3 is 0 Å². The monoisotopic (exact) mass is 508 g/mol. The van der Waals surface area contributed by atoms with Crippen molar-refractivity contribution >= 4 is 35.2 Å². The molecule has 1 N–H and O–H groups in total. The molecule has 0 radical (unpaired) electrons. The number of carbonyl (C=O) groups is 2. The number of thioether (sulfide) groups is 1. The molecule has 0 saturated carbocycles. The number of halogens is 1. The number of carbonyl (C=O) groups excluding carboxylic acids is 2. The Balaban J connectivity index is 1.83. The van der Waals surface area contributed by atoms with E-state index in [1.165, 1.54) is 0 Å². The van der Waals surface area contributed by atoms with Crippen molar-refractivity contribution in [2.75, 3.05) is 5.75 Å². The van der Waals surface area contributed by atoms with Gasteiger partial charge in [-0.2, -0.15) is 0 Å². The highest BCUT2D eigenvalue weighted by atomic mass is 35.5. The predicted octanol–water partition coefficient (Wildman–Crippen LogP) is 6.38. The molecule has 2 amide bonds. The van der Waals surface area contributed by atoms with E-state index in [0.717, 1.165) is 16.0 Å². The van der Waals surface area contributed by atoms with Crippen LogP contribution in [0.25, 0.3) is 0 Å². The molecule has 0 aliphatic rings. The minimum atomic E-state index is -0.620. The van der Waals surface area contributed by atoms with E-state index in [-0.39, 0.29) is 11.8 Å². The summed E-state index contributed by atoms with van der Waals surface area (Å²) in [5, 5.41) is 3.79. The molecule has 0 unspecified atom stereocenters. The summed E-state index contributed by atoms with van der Waals surface area (Å²) in [6.07, 6.45) is 0.778. The minimum Gasteiger partial charge on any atom is -0.350 e. The topological polar surface area (TPSA) is 49.4 Å². The van der Waals surface area contributed by atoms with Crippen molar-refractivity contribution in [3.05, 3.63) is 101 Å². The van der Waals surface area contributed by atoms with Crippen LogP contribution in [0.4, 0.5) is 0 Å². The summed E-state index contributed by atoms with van der Waals surface area (Å²) in [5.41, 5.74) is 1.61. The highest BCUT2D eigenvalue weighted by molar-refractivity contribution is 7.99. The zero-order chi connectivity index (χ0) is 25.3. The summed E-state index contributed by atoms with van der Waals surface area (Å²) in [6, 6.07) is 26.7. The number of benzene rings is 3. The Morgan fingerprint density at radius 3 is 2.03 bits per heavy atom. The average Bonchev–Trinajstić information content (AvgIpc) is 2.82. The molecule has 3 aromatic carbocycles. The fraction of sp³-hybridized carbons (Fsp3) is 0.310. The highest BCUT2D eigenvalue weighted by Crippen LogP contribution is 2.23. The van der Waals surface area contributed by atoms with Crippen LogP contribution in [0.2, 0.25) is 5.02 Å². The second kappa shape index (κ2) is 12.8. The number of hydrogen-bond donors (Lipinski definition) is 1. The molecule has 0 saturated heterocycles. The molecular formula is C29H33ClN2O2S. The lowest BCUT2D eigenvalue weighted by Gasteiger charge is -2.34. The molecule has 0 spiro atoms. The van der Waals surface area contributed by atoms with Gasteiger partial charge in [0.15, 0.2) is 0 Å². The van der Waals surface area contributed by atoms with Crippen LogP contribution in [0.3, 0.4) is 0 Å². The van der Waals surface area contributed by atoms with Gasteiger partial charge in [0.05, 0.1) is 0 Å². The Kier molecular flexibility index (Phi) is 9.82. The van der Waals surface area contributed by atoms with Gasteiger partial charge in [-0.1, -0.05) is 72.3 Å². The first kappa shape index (κ1) is 26.8. The Hall–Kier alpha value is -2.76. The van der Waals surface area contributed by atoms with Gasteiger partial charge in [-0.3, -0.25) is 9.59 Å². The summed E-state index contributed by atoms with van der Waals surface area (Å²) < 4.78 is 0. The molecule has 6 heteroatoms. The molecule has 0 bridgehead atoms. The van der Waals surface area contributed by atoms with E-state index in [1.807, 2.05) is 106 Å². The summed E-state index contributed by atoms with van der Waals surface area (Å²) in [6.45, 7) is 6.24. The van der Waals surface area contributed by atoms with E-state index in [2.05, 4.69) is 5.32 Å². The van der Waals surface area contributed by atoms with Gasteiger partial charge in [0, 0.05) is 40.6 Å². The number of nitrogens with one attached hydrogen (secondary N) is 1. The van der Waals surface area contributed by atoms with Gasteiger partial charge in [-0.15, -0.1) is 11.8 Å². The quantitative estimate of drug-likeness (QED) is 0.323. The SMILES string of the molecule is CC(C)(C)NC(=O)[C@@H](Cc1ccccc1)N(Cc1ccccc1)C(=O)CCSc1ccc(Cl)cc1. The zero-order valence-corrected chi connectivity index (χ0v) is 22.1. The molecule has 0 heterocycles. The number of hydrogen-bond acceptors (Lipinski definition) is 3. The molecule has 35 heavy (non-hydrogen) atoms. The molecule has 0 aliphatic carbocycles. The molecule has 0 aliphatic heterocycles. The lowest BCUT2D eigenvalue weighted by molar-refractivity contribution is -0.141. The summed E-state index contributed by atoms with van der Waals surface area (Å²) in [4.78, 5) is 29.9. The van der Waals surface area contributed by atoms with Crippen molar-refractivity contribution in [1.82, 2.24) is 10.2 Å². The van der Waals surface area contributed by atoms with Gasteiger partial charge < -0.3 is 10.2 Å². The van der Waals surface area contributed by atoms with Gasteiger partial charge in [0.2, 0.25) is 11.8 Å². The molecule has 1 atom stereocenters. The molecule has 3 rings (SSSR count). The molecule has 3 aromatic rings. The standard InChI is InChI=1S/C29H33ClN2O2S/c1-29(2,3)31-28(34)26(20-22-10-6-4-7-11-22)32(21-23-12-8-5-9-13-23)27(33)18-19-35-25-16-14-24(30)15-17-25/h4-17,26H,18-21H2,1-3H3,(H,31,34)/t26-/m1/s1. The van der Waals surface area contributed by atoms with Crippen LogP contribution >= 0.6 is 23.4 Å². The van der Waals surface area contributed by atoms with Crippen LogP contribution in [0.5, 0.6) is 0 Å².